The van der Waals surface area contributed by atoms with Crippen LogP contribution in [0.3, 0.4) is 0 Å². The van der Waals surface area contributed by atoms with Crippen LogP contribution in [0.4, 0.5) is 0 Å². The van der Waals surface area contributed by atoms with E-state index in [0.29, 0.717) is 11.8 Å². The van der Waals surface area contributed by atoms with Crippen LogP contribution < -0.4 is 5.32 Å². The SMILES string of the molecule is CNCCc1nnc(-c2snnc2C(C)(C)C)o1. The van der Waals surface area contributed by atoms with Crippen molar-refractivity contribution in [3.05, 3.63) is 11.6 Å². The van der Waals surface area contributed by atoms with Gasteiger partial charge in [-0.25, -0.2) is 0 Å². The molecular weight excluding hydrogens is 250 g/mol. The number of aromatic nitrogens is 4. The van der Waals surface area contributed by atoms with Crippen LogP contribution in [-0.4, -0.2) is 33.4 Å². The molecule has 0 aliphatic heterocycles. The lowest BCUT2D eigenvalue weighted by Crippen LogP contribution is -2.13. The molecule has 0 atom stereocenters. The van der Waals surface area contributed by atoms with Crippen molar-refractivity contribution in [1.82, 2.24) is 25.1 Å². The fourth-order valence-electron chi connectivity index (χ4n) is 1.50. The molecule has 6 nitrogen and oxygen atoms in total. The molecule has 0 fully saturated rings. The highest BCUT2D eigenvalue weighted by atomic mass is 32.1. The highest BCUT2D eigenvalue weighted by molar-refractivity contribution is 7.09. The van der Waals surface area contributed by atoms with Gasteiger partial charge in [0.2, 0.25) is 5.89 Å². The number of hydrogen-bond donors (Lipinski definition) is 1. The van der Waals surface area contributed by atoms with Gasteiger partial charge in [0.1, 0.15) is 4.88 Å². The summed E-state index contributed by atoms with van der Waals surface area (Å²) in [6, 6.07) is 0. The van der Waals surface area contributed by atoms with Gasteiger partial charge in [-0.2, -0.15) is 0 Å². The van der Waals surface area contributed by atoms with E-state index in [1.807, 2.05) is 7.05 Å². The Hall–Kier alpha value is -1.34. The van der Waals surface area contributed by atoms with Crippen LogP contribution in [0, 0.1) is 0 Å². The van der Waals surface area contributed by atoms with E-state index >= 15 is 0 Å². The molecule has 0 amide bonds. The molecule has 98 valence electrons. The Kier molecular flexibility index (Phi) is 3.72. The third-order valence-corrected chi connectivity index (χ3v) is 3.16. The molecule has 1 N–H and O–H groups in total. The van der Waals surface area contributed by atoms with Gasteiger partial charge in [-0.3, -0.25) is 0 Å². The Morgan fingerprint density at radius 2 is 2.00 bits per heavy atom. The minimum Gasteiger partial charge on any atom is -0.420 e. The number of nitrogens with zero attached hydrogens (tertiary/aromatic N) is 4. The van der Waals surface area contributed by atoms with Crippen LogP contribution in [0.2, 0.25) is 0 Å². The molecule has 2 heterocycles. The maximum absolute atomic E-state index is 5.63. The van der Waals surface area contributed by atoms with Crippen LogP contribution in [0.5, 0.6) is 0 Å². The predicted molar refractivity (Wildman–Crippen MR) is 69.5 cm³/mol. The van der Waals surface area contributed by atoms with Crippen LogP contribution in [0.15, 0.2) is 4.42 Å². The van der Waals surface area contributed by atoms with Gasteiger partial charge < -0.3 is 9.73 Å². The van der Waals surface area contributed by atoms with Crippen LogP contribution in [-0.2, 0) is 11.8 Å². The van der Waals surface area contributed by atoms with Gasteiger partial charge in [0.05, 0.1) is 5.69 Å². The Morgan fingerprint density at radius 1 is 1.22 bits per heavy atom. The normalized spacial score (nSPS) is 12.0. The van der Waals surface area contributed by atoms with E-state index in [-0.39, 0.29) is 5.41 Å². The summed E-state index contributed by atoms with van der Waals surface area (Å²) in [5.74, 6) is 1.15. The van der Waals surface area contributed by atoms with Crippen molar-refractivity contribution in [1.29, 1.82) is 0 Å². The maximum atomic E-state index is 5.63. The smallest absolute Gasteiger partial charge is 0.261 e. The molecule has 2 aromatic rings. The zero-order chi connectivity index (χ0) is 13.2. The van der Waals surface area contributed by atoms with Crippen molar-refractivity contribution < 1.29 is 4.42 Å². The molecule has 7 heteroatoms. The maximum Gasteiger partial charge on any atom is 0.261 e. The molecule has 2 aromatic heterocycles. The first-order chi connectivity index (χ1) is 8.52. The second-order valence-electron chi connectivity index (χ2n) is 5.06. The van der Waals surface area contributed by atoms with Crippen molar-refractivity contribution in [2.75, 3.05) is 13.6 Å². The standard InChI is InChI=1S/C11H17N5OS/c1-11(2,3)9-8(18-16-14-9)10-15-13-7(17-10)5-6-12-4/h12H,5-6H2,1-4H3. The first kappa shape index (κ1) is 13.1. The molecule has 0 saturated carbocycles. The minimum atomic E-state index is -0.0814. The van der Waals surface area contributed by atoms with Gasteiger partial charge in [0, 0.05) is 18.4 Å². The summed E-state index contributed by atoms with van der Waals surface area (Å²) < 4.78 is 9.62. The second-order valence-corrected chi connectivity index (χ2v) is 5.81. The highest BCUT2D eigenvalue weighted by Crippen LogP contribution is 2.32. The topological polar surface area (TPSA) is 76.7 Å². The average molecular weight is 267 g/mol. The number of nitrogens with one attached hydrogen (secondary N) is 1. The Balaban J connectivity index is 2.27. The third-order valence-electron chi connectivity index (χ3n) is 2.45. The van der Waals surface area contributed by atoms with Crippen LogP contribution in [0.1, 0.15) is 32.4 Å². The zero-order valence-electron chi connectivity index (χ0n) is 11.0. The molecule has 0 unspecified atom stereocenters. The number of likely N-dealkylation sites (N-methyl/N-ethyl adjacent to an activating group) is 1. The number of hydrogen-bond acceptors (Lipinski definition) is 7. The summed E-state index contributed by atoms with van der Waals surface area (Å²) in [4.78, 5) is 0.866. The average Bonchev–Trinajstić information content (AvgIpc) is 2.93. The van der Waals surface area contributed by atoms with Crippen molar-refractivity contribution >= 4 is 11.5 Å². The highest BCUT2D eigenvalue weighted by Gasteiger charge is 2.26. The fraction of sp³-hybridized carbons (Fsp3) is 0.636. The van der Waals surface area contributed by atoms with Crippen molar-refractivity contribution in [2.24, 2.45) is 0 Å². The van der Waals surface area contributed by atoms with E-state index in [0.717, 1.165) is 23.5 Å². The molecule has 0 aliphatic rings. The summed E-state index contributed by atoms with van der Waals surface area (Å²) in [6.45, 7) is 7.08. The molecule has 0 spiro atoms. The summed E-state index contributed by atoms with van der Waals surface area (Å²) in [7, 11) is 1.89. The van der Waals surface area contributed by atoms with Crippen molar-refractivity contribution in [3.8, 4) is 10.8 Å². The monoisotopic (exact) mass is 267 g/mol. The second kappa shape index (κ2) is 5.11. The fourth-order valence-corrected chi connectivity index (χ4v) is 2.30. The molecule has 18 heavy (non-hydrogen) atoms. The summed E-state index contributed by atoms with van der Waals surface area (Å²) in [6.07, 6.45) is 0.723. The predicted octanol–water partition coefficient (Wildman–Crippen LogP) is 1.65. The largest absolute Gasteiger partial charge is 0.420 e. The molecule has 0 saturated heterocycles. The third kappa shape index (κ3) is 2.73. The van der Waals surface area contributed by atoms with Gasteiger partial charge >= 0.3 is 0 Å². The first-order valence-electron chi connectivity index (χ1n) is 5.82. The minimum absolute atomic E-state index is 0.0814. The number of rotatable bonds is 4. The van der Waals surface area contributed by atoms with E-state index in [1.54, 1.807) is 0 Å². The van der Waals surface area contributed by atoms with Gasteiger partial charge in [-0.05, 0) is 18.6 Å². The van der Waals surface area contributed by atoms with Gasteiger partial charge in [0.25, 0.3) is 5.89 Å². The molecule has 2 rings (SSSR count). The van der Waals surface area contributed by atoms with Gasteiger partial charge in [-0.15, -0.1) is 15.3 Å². The van der Waals surface area contributed by atoms with E-state index in [2.05, 4.69) is 45.9 Å². The van der Waals surface area contributed by atoms with Gasteiger partial charge in [-0.1, -0.05) is 25.3 Å². The molecular formula is C11H17N5OS. The Labute approximate surface area is 110 Å². The summed E-state index contributed by atoms with van der Waals surface area (Å²) in [5.41, 5.74) is 0.818. The first-order valence-corrected chi connectivity index (χ1v) is 6.60. The van der Waals surface area contributed by atoms with Gasteiger partial charge in [0.15, 0.2) is 0 Å². The van der Waals surface area contributed by atoms with Crippen LogP contribution >= 0.6 is 11.5 Å². The summed E-state index contributed by atoms with van der Waals surface area (Å²) in [5, 5.41) is 15.3. The lowest BCUT2D eigenvalue weighted by atomic mass is 9.91. The van der Waals surface area contributed by atoms with Crippen LogP contribution in [0.25, 0.3) is 10.8 Å². The summed E-state index contributed by atoms with van der Waals surface area (Å²) >= 11 is 1.29. The quantitative estimate of drug-likeness (QED) is 0.907. The van der Waals surface area contributed by atoms with E-state index in [9.17, 15) is 0 Å². The molecule has 0 bridgehead atoms. The van der Waals surface area contributed by atoms with E-state index in [1.165, 1.54) is 11.5 Å². The van der Waals surface area contributed by atoms with E-state index < -0.39 is 0 Å². The van der Waals surface area contributed by atoms with E-state index in [4.69, 9.17) is 4.42 Å². The lowest BCUT2D eigenvalue weighted by molar-refractivity contribution is 0.497. The Bertz CT molecular complexity index is 513. The molecule has 0 aliphatic carbocycles. The molecule has 0 aromatic carbocycles. The molecule has 0 radical (unpaired) electrons. The lowest BCUT2D eigenvalue weighted by Gasteiger charge is -2.14. The Morgan fingerprint density at radius 3 is 2.67 bits per heavy atom. The zero-order valence-corrected chi connectivity index (χ0v) is 11.8. The van der Waals surface area contributed by atoms with Crippen molar-refractivity contribution in [2.45, 2.75) is 32.6 Å². The van der Waals surface area contributed by atoms with Crippen molar-refractivity contribution in [3.63, 3.8) is 0 Å².